The van der Waals surface area contributed by atoms with E-state index in [0.29, 0.717) is 0 Å². The first-order valence-corrected chi connectivity index (χ1v) is 22.8. The van der Waals surface area contributed by atoms with Crippen LogP contribution in [-0.4, -0.2) is 18.7 Å². The molecule has 62 heavy (non-hydrogen) atoms. The molecule has 5 aromatic heterocycles. The molecular formula is C57H46N4S. The molecule has 2 atom stereocenters. The molecule has 300 valence electrons. The van der Waals surface area contributed by atoms with Crippen LogP contribution in [0.5, 0.6) is 0 Å². The van der Waals surface area contributed by atoms with E-state index in [9.17, 15) is 0 Å². The topological polar surface area (TPSA) is 27.7 Å². The van der Waals surface area contributed by atoms with Gasteiger partial charge in [-0.1, -0.05) is 117 Å². The number of benzene rings is 7. The number of hydrogen-bond acceptors (Lipinski definition) is 2. The zero-order valence-corrected chi connectivity index (χ0v) is 36.1. The van der Waals surface area contributed by atoms with Gasteiger partial charge in [0.1, 0.15) is 0 Å². The molecule has 0 saturated carbocycles. The summed E-state index contributed by atoms with van der Waals surface area (Å²) < 4.78 is 10.1. The fourth-order valence-corrected chi connectivity index (χ4v) is 12.3. The Hall–Kier alpha value is -6.95. The van der Waals surface area contributed by atoms with Crippen LogP contribution in [0.25, 0.3) is 91.3 Å². The highest BCUT2D eigenvalue weighted by molar-refractivity contribution is 7.25. The van der Waals surface area contributed by atoms with Gasteiger partial charge in [-0.2, -0.15) is 0 Å². The van der Waals surface area contributed by atoms with Crippen LogP contribution >= 0.6 is 11.3 Å². The summed E-state index contributed by atoms with van der Waals surface area (Å²) in [7, 11) is 0. The zero-order valence-electron chi connectivity index (χ0n) is 35.3. The lowest BCUT2D eigenvalue weighted by atomic mass is 9.85. The summed E-state index contributed by atoms with van der Waals surface area (Å²) in [6, 6.07) is 59.1. The minimum Gasteiger partial charge on any atom is -0.330 e. The van der Waals surface area contributed by atoms with E-state index in [0.717, 1.165) is 24.9 Å². The molecule has 0 bridgehead atoms. The van der Waals surface area contributed by atoms with Crippen molar-refractivity contribution in [3.63, 3.8) is 0 Å². The van der Waals surface area contributed by atoms with E-state index >= 15 is 0 Å². The maximum atomic E-state index is 4.63. The van der Waals surface area contributed by atoms with E-state index < -0.39 is 5.54 Å². The van der Waals surface area contributed by atoms with Crippen molar-refractivity contribution in [2.75, 3.05) is 0 Å². The van der Waals surface area contributed by atoms with Crippen molar-refractivity contribution in [1.29, 1.82) is 0 Å². The van der Waals surface area contributed by atoms with Crippen LogP contribution in [0, 0.1) is 0 Å². The Balaban J connectivity index is 1.06. The standard InChI is InChI=1S/C57H46N4S/c1-5-31-56(4,60-50-21-13-9-16-40(50)41-17-10-14-22-51(41)60)37-24-29-53-47(33-37)43-19-11-15-23-52(43)61(53)57(6-2,7-3)38-25-28-49-46(34-38)42-18-8-12-20-48(42)59(49)39-26-27-44-45-30-32-58-36-55(45)62-54(44)35-39/h6,8-30,32-36H,2,5,7,31H2,1,3-4H3. The van der Waals surface area contributed by atoms with Gasteiger partial charge in [0.15, 0.2) is 0 Å². The van der Waals surface area contributed by atoms with Crippen molar-refractivity contribution >= 4 is 96.9 Å². The van der Waals surface area contributed by atoms with Crippen LogP contribution in [0.1, 0.15) is 51.2 Å². The van der Waals surface area contributed by atoms with E-state index in [2.05, 4.69) is 210 Å². The highest BCUT2D eigenvalue weighted by Crippen LogP contribution is 2.46. The van der Waals surface area contributed by atoms with Gasteiger partial charge in [0.25, 0.3) is 0 Å². The predicted octanol–water partition coefficient (Wildman–Crippen LogP) is 15.7. The van der Waals surface area contributed by atoms with Crippen LogP contribution in [0.3, 0.4) is 0 Å². The maximum Gasteiger partial charge on any atom is 0.0881 e. The third kappa shape index (κ3) is 5.03. The quantitative estimate of drug-likeness (QED) is 0.133. The second-order valence-electron chi connectivity index (χ2n) is 17.2. The number of aromatic nitrogens is 4. The van der Waals surface area contributed by atoms with Gasteiger partial charge < -0.3 is 13.7 Å². The van der Waals surface area contributed by atoms with Gasteiger partial charge in [-0.3, -0.25) is 4.98 Å². The van der Waals surface area contributed by atoms with Gasteiger partial charge >= 0.3 is 0 Å². The van der Waals surface area contributed by atoms with Gasteiger partial charge in [-0.15, -0.1) is 17.9 Å². The molecule has 0 saturated heterocycles. The van der Waals surface area contributed by atoms with E-state index in [1.54, 1.807) is 0 Å². The maximum absolute atomic E-state index is 4.63. The molecule has 2 unspecified atom stereocenters. The van der Waals surface area contributed by atoms with Crippen LogP contribution < -0.4 is 0 Å². The molecule has 0 fully saturated rings. The molecule has 0 aliphatic heterocycles. The number of fused-ring (bicyclic) bond motifs is 12. The van der Waals surface area contributed by atoms with Crippen LogP contribution in [-0.2, 0) is 11.1 Å². The average molecular weight is 819 g/mol. The van der Waals surface area contributed by atoms with Gasteiger partial charge in [0.05, 0.1) is 37.8 Å². The Labute approximate surface area is 364 Å². The zero-order chi connectivity index (χ0) is 41.7. The fraction of sp³-hybridized carbons (Fsp3) is 0.140. The Morgan fingerprint density at radius 3 is 1.74 bits per heavy atom. The highest BCUT2D eigenvalue weighted by atomic mass is 32.1. The molecule has 0 amide bonds. The normalized spacial score (nSPS) is 14.2. The number of para-hydroxylation sites is 4. The van der Waals surface area contributed by atoms with E-state index in [-0.39, 0.29) is 5.54 Å². The smallest absolute Gasteiger partial charge is 0.0881 e. The van der Waals surface area contributed by atoms with Crippen LogP contribution in [0.15, 0.2) is 183 Å². The summed E-state index contributed by atoms with van der Waals surface area (Å²) in [4.78, 5) is 4.40. The first kappa shape index (κ1) is 36.9. The van der Waals surface area contributed by atoms with E-state index in [1.165, 1.54) is 96.7 Å². The van der Waals surface area contributed by atoms with E-state index in [1.807, 2.05) is 23.7 Å². The van der Waals surface area contributed by atoms with Crippen molar-refractivity contribution in [3.05, 3.63) is 194 Å². The predicted molar refractivity (Wildman–Crippen MR) is 266 cm³/mol. The summed E-state index contributed by atoms with van der Waals surface area (Å²) in [6.45, 7) is 11.7. The lowest BCUT2D eigenvalue weighted by molar-refractivity contribution is 0.380. The number of hydrogen-bond donors (Lipinski definition) is 0. The Morgan fingerprint density at radius 2 is 1.06 bits per heavy atom. The van der Waals surface area contributed by atoms with Crippen LogP contribution in [0.2, 0.25) is 0 Å². The third-order valence-electron chi connectivity index (χ3n) is 14.1. The number of rotatable bonds is 9. The summed E-state index contributed by atoms with van der Waals surface area (Å²) in [5, 5.41) is 10.2. The largest absolute Gasteiger partial charge is 0.330 e. The molecule has 0 N–H and O–H groups in total. The fourth-order valence-electron chi connectivity index (χ4n) is 11.2. The minimum atomic E-state index is -0.524. The highest BCUT2D eigenvalue weighted by Gasteiger charge is 2.35. The lowest BCUT2D eigenvalue weighted by Gasteiger charge is -2.35. The van der Waals surface area contributed by atoms with E-state index in [4.69, 9.17) is 0 Å². The van der Waals surface area contributed by atoms with Gasteiger partial charge in [0, 0.05) is 76.9 Å². The molecule has 4 nitrogen and oxygen atoms in total. The number of allylic oxidation sites excluding steroid dienone is 1. The Bertz CT molecular complexity index is 3710. The molecule has 0 aliphatic carbocycles. The number of nitrogens with zero attached hydrogens (tertiary/aromatic N) is 4. The summed E-state index contributed by atoms with van der Waals surface area (Å²) >= 11 is 1.81. The third-order valence-corrected chi connectivity index (χ3v) is 15.2. The molecule has 7 aromatic carbocycles. The summed E-state index contributed by atoms with van der Waals surface area (Å²) in [5.41, 5.74) is 10.3. The van der Waals surface area contributed by atoms with Gasteiger partial charge in [0.2, 0.25) is 0 Å². The van der Waals surface area contributed by atoms with Crippen molar-refractivity contribution in [1.82, 2.24) is 18.7 Å². The summed E-state index contributed by atoms with van der Waals surface area (Å²) in [6.07, 6.45) is 8.96. The Kier molecular flexibility index (Phi) is 8.20. The molecule has 0 radical (unpaired) electrons. The molecule has 5 heterocycles. The number of pyridine rings is 1. The van der Waals surface area contributed by atoms with Crippen molar-refractivity contribution < 1.29 is 0 Å². The molecular weight excluding hydrogens is 773 g/mol. The average Bonchev–Trinajstić information content (AvgIpc) is 4.06. The first-order chi connectivity index (χ1) is 30.5. The lowest BCUT2D eigenvalue weighted by Crippen LogP contribution is -2.32. The van der Waals surface area contributed by atoms with Gasteiger partial charge in [-0.05, 0) is 97.6 Å². The van der Waals surface area contributed by atoms with Crippen molar-refractivity contribution in [3.8, 4) is 5.69 Å². The van der Waals surface area contributed by atoms with Gasteiger partial charge in [-0.25, -0.2) is 0 Å². The SMILES string of the molecule is C=CC(CC)(c1ccc2c(c1)c1ccccc1n2-c1ccc2c(c1)sc1cnccc12)n1c2ccccc2c2cc(C(C)(CCC)n3c4ccccc4c4ccccc43)ccc21. The second-order valence-corrected chi connectivity index (χ2v) is 18.3. The van der Waals surface area contributed by atoms with Crippen LogP contribution in [0.4, 0.5) is 0 Å². The molecule has 12 aromatic rings. The molecule has 0 aliphatic rings. The Morgan fingerprint density at radius 1 is 0.532 bits per heavy atom. The molecule has 5 heteroatoms. The molecule has 12 rings (SSSR count). The monoisotopic (exact) mass is 818 g/mol. The molecule has 0 spiro atoms. The second kappa shape index (κ2) is 13.8. The number of thiophene rings is 1. The van der Waals surface area contributed by atoms with Crippen molar-refractivity contribution in [2.24, 2.45) is 0 Å². The van der Waals surface area contributed by atoms with Crippen molar-refractivity contribution in [2.45, 2.75) is 51.1 Å². The summed E-state index contributed by atoms with van der Waals surface area (Å²) in [5.74, 6) is 0. The minimum absolute atomic E-state index is 0.285. The first-order valence-electron chi connectivity index (χ1n) is 21.9.